The molecule has 0 radical (unpaired) electrons. The number of benzene rings is 4. The molecule has 172 valence electrons. The van der Waals surface area contributed by atoms with E-state index in [2.05, 4.69) is 123 Å². The first kappa shape index (κ1) is 21.8. The van der Waals surface area contributed by atoms with Crippen molar-refractivity contribution in [3.63, 3.8) is 0 Å². The Bertz CT molecular complexity index is 1750. The van der Waals surface area contributed by atoms with Crippen LogP contribution in [0.5, 0.6) is 0 Å². The highest BCUT2D eigenvalue weighted by Crippen LogP contribution is 2.37. The van der Waals surface area contributed by atoms with Crippen molar-refractivity contribution in [1.29, 1.82) is 0 Å². The van der Waals surface area contributed by atoms with Crippen LogP contribution in [0.25, 0.3) is 44.1 Å². The van der Waals surface area contributed by atoms with Gasteiger partial charge in [0, 0.05) is 28.3 Å². The summed E-state index contributed by atoms with van der Waals surface area (Å²) >= 11 is 0. The van der Waals surface area contributed by atoms with E-state index >= 15 is 0 Å². The average molecular weight is 473 g/mol. The van der Waals surface area contributed by atoms with Crippen LogP contribution in [-0.2, 0) is 7.05 Å². The van der Waals surface area contributed by atoms with Gasteiger partial charge in [-0.15, -0.1) is 0 Å². The Morgan fingerprint density at radius 3 is 2.26 bits per heavy atom. The molecule has 4 aromatic carbocycles. The van der Waals surface area contributed by atoms with Crippen LogP contribution in [0.4, 0.5) is 0 Å². The maximum Gasteiger partial charge on any atom is 0.216 e. The van der Waals surface area contributed by atoms with Gasteiger partial charge in [0.25, 0.3) is 0 Å². The summed E-state index contributed by atoms with van der Waals surface area (Å²) in [5, 5.41) is 6.60. The number of aryl methyl sites for hydroxylation is 3. The Balaban J connectivity index is 1.74. The van der Waals surface area contributed by atoms with Gasteiger partial charge in [0.05, 0.1) is 5.56 Å². The fourth-order valence-electron chi connectivity index (χ4n) is 5.57. The van der Waals surface area contributed by atoms with Crippen molar-refractivity contribution in [1.82, 2.24) is 0 Å². The van der Waals surface area contributed by atoms with Crippen LogP contribution < -0.4 is 14.9 Å². The van der Waals surface area contributed by atoms with Gasteiger partial charge in [-0.05, 0) is 36.7 Å². The highest BCUT2D eigenvalue weighted by Gasteiger charge is 2.33. The molecule has 0 saturated carbocycles. The number of pyridine rings is 1. The molecule has 0 spiro atoms. The smallest absolute Gasteiger partial charge is 0.216 e. The van der Waals surface area contributed by atoms with Crippen molar-refractivity contribution < 1.29 is 8.98 Å². The van der Waals surface area contributed by atoms with Gasteiger partial charge in [0.15, 0.2) is 0 Å². The number of aromatic nitrogens is 1. The van der Waals surface area contributed by atoms with Crippen LogP contribution in [0.1, 0.15) is 11.1 Å². The number of rotatable bonds is 3. The molecule has 0 aliphatic heterocycles. The van der Waals surface area contributed by atoms with Crippen LogP contribution in [0.2, 0.25) is 13.1 Å². The topological polar surface area (TPSA) is 17.0 Å². The second-order valence-corrected chi connectivity index (χ2v) is 14.6. The maximum absolute atomic E-state index is 6.51. The summed E-state index contributed by atoms with van der Waals surface area (Å²) in [6.07, 6.45) is 0. The minimum atomic E-state index is -1.99. The standard InChI is InChI=1S/C32H30NOSi/c1-21-15-18-27-26(19-21)30(35(4,5)23-11-7-6-8-12-23)20-28(33(27)3)31-22(2)16-17-25-24-13-9-10-14-29(24)34-32(25)31/h6-20H,1-5H3/q+1. The number of nitrogens with zero attached hydrogens (tertiary/aromatic N) is 1. The molecule has 0 unspecified atom stereocenters. The lowest BCUT2D eigenvalue weighted by Crippen LogP contribution is -2.54. The average Bonchev–Trinajstić information content (AvgIpc) is 3.23. The molecule has 0 aliphatic carbocycles. The van der Waals surface area contributed by atoms with E-state index in [4.69, 9.17) is 4.42 Å². The summed E-state index contributed by atoms with van der Waals surface area (Å²) in [4.78, 5) is 0. The molecule has 6 aromatic rings. The summed E-state index contributed by atoms with van der Waals surface area (Å²) in [6.45, 7) is 9.32. The second-order valence-electron chi connectivity index (χ2n) is 10.2. The van der Waals surface area contributed by atoms with Crippen LogP contribution >= 0.6 is 0 Å². The predicted octanol–water partition coefficient (Wildman–Crippen LogP) is 6.67. The molecule has 0 amide bonds. The van der Waals surface area contributed by atoms with E-state index in [9.17, 15) is 0 Å². The minimum Gasteiger partial charge on any atom is -0.455 e. The highest BCUT2D eigenvalue weighted by atomic mass is 28.3. The Morgan fingerprint density at radius 1 is 0.714 bits per heavy atom. The Labute approximate surface area is 207 Å². The van der Waals surface area contributed by atoms with Crippen LogP contribution in [0, 0.1) is 13.8 Å². The Kier molecular flexibility index (Phi) is 4.94. The summed E-state index contributed by atoms with van der Waals surface area (Å²) in [5.41, 5.74) is 8.07. The molecule has 35 heavy (non-hydrogen) atoms. The zero-order valence-corrected chi connectivity index (χ0v) is 22.0. The van der Waals surface area contributed by atoms with Crippen molar-refractivity contribution in [2.75, 3.05) is 0 Å². The van der Waals surface area contributed by atoms with Gasteiger partial charge in [0.2, 0.25) is 11.2 Å². The molecule has 2 aromatic heterocycles. The van der Waals surface area contributed by atoms with Crippen molar-refractivity contribution in [2.24, 2.45) is 7.05 Å². The molecular formula is C32H30NOSi+. The Morgan fingerprint density at radius 2 is 1.46 bits per heavy atom. The monoisotopic (exact) mass is 472 g/mol. The first-order valence-electron chi connectivity index (χ1n) is 12.3. The molecule has 0 aliphatic rings. The first-order valence-corrected chi connectivity index (χ1v) is 15.3. The molecule has 3 heteroatoms. The Hall–Kier alpha value is -3.69. The van der Waals surface area contributed by atoms with Gasteiger partial charge >= 0.3 is 0 Å². The van der Waals surface area contributed by atoms with E-state index in [1.54, 1.807) is 0 Å². The fourth-order valence-corrected chi connectivity index (χ4v) is 8.28. The van der Waals surface area contributed by atoms with Crippen LogP contribution in [0.3, 0.4) is 0 Å². The number of furan rings is 1. The fraction of sp³-hybridized carbons (Fsp3) is 0.156. The minimum absolute atomic E-state index is 0.938. The van der Waals surface area contributed by atoms with E-state index in [-0.39, 0.29) is 0 Å². The molecule has 0 bridgehead atoms. The molecule has 2 heterocycles. The molecule has 0 N–H and O–H groups in total. The molecule has 0 saturated heterocycles. The van der Waals surface area contributed by atoms with Gasteiger partial charge in [0.1, 0.15) is 26.3 Å². The van der Waals surface area contributed by atoms with Crippen molar-refractivity contribution in [2.45, 2.75) is 26.9 Å². The van der Waals surface area contributed by atoms with E-state index < -0.39 is 8.07 Å². The highest BCUT2D eigenvalue weighted by molar-refractivity contribution is 7.01. The summed E-state index contributed by atoms with van der Waals surface area (Å²) in [5.74, 6) is 0. The SMILES string of the molecule is Cc1ccc2c(c1)c([Si](C)(C)c1ccccc1)cc(-c1c(C)ccc3c1oc1ccccc13)[n+]2C. The summed E-state index contributed by atoms with van der Waals surface area (Å²) in [7, 11) is 0.199. The van der Waals surface area contributed by atoms with E-state index in [1.165, 1.54) is 54.4 Å². The third-order valence-corrected chi connectivity index (χ3v) is 11.2. The number of para-hydroxylation sites is 1. The molecule has 0 atom stereocenters. The zero-order chi connectivity index (χ0) is 24.3. The zero-order valence-electron chi connectivity index (χ0n) is 21.0. The predicted molar refractivity (Wildman–Crippen MR) is 151 cm³/mol. The lowest BCUT2D eigenvalue weighted by atomic mass is 9.99. The molecule has 6 rings (SSSR count). The maximum atomic E-state index is 6.51. The van der Waals surface area contributed by atoms with Crippen molar-refractivity contribution in [3.05, 3.63) is 102 Å². The normalized spacial score (nSPS) is 12.1. The second kappa shape index (κ2) is 7.93. The van der Waals surface area contributed by atoms with Gasteiger partial charge < -0.3 is 4.42 Å². The lowest BCUT2D eigenvalue weighted by molar-refractivity contribution is -0.633. The van der Waals surface area contributed by atoms with Gasteiger partial charge in [-0.25, -0.2) is 0 Å². The summed E-state index contributed by atoms with van der Waals surface area (Å²) in [6, 6.07) is 33.1. The largest absolute Gasteiger partial charge is 0.455 e. The lowest BCUT2D eigenvalue weighted by Gasteiger charge is -2.25. The van der Waals surface area contributed by atoms with E-state index in [1.807, 2.05) is 6.07 Å². The van der Waals surface area contributed by atoms with Gasteiger partial charge in [-0.2, -0.15) is 4.57 Å². The first-order chi connectivity index (χ1) is 16.9. The third-order valence-electron chi connectivity index (χ3n) is 7.63. The third kappa shape index (κ3) is 3.34. The number of hydrogen-bond acceptors (Lipinski definition) is 1. The number of fused-ring (bicyclic) bond motifs is 4. The molecular weight excluding hydrogens is 442 g/mol. The quantitative estimate of drug-likeness (QED) is 0.208. The van der Waals surface area contributed by atoms with E-state index in [0.717, 1.165) is 11.2 Å². The van der Waals surface area contributed by atoms with Crippen LogP contribution in [0.15, 0.2) is 95.4 Å². The van der Waals surface area contributed by atoms with Crippen molar-refractivity contribution in [3.8, 4) is 11.3 Å². The number of hydrogen-bond donors (Lipinski definition) is 0. The van der Waals surface area contributed by atoms with Gasteiger partial charge in [-0.3, -0.25) is 0 Å². The molecule has 0 fully saturated rings. The van der Waals surface area contributed by atoms with Gasteiger partial charge in [-0.1, -0.05) is 90.6 Å². The summed E-state index contributed by atoms with van der Waals surface area (Å²) < 4.78 is 8.86. The van der Waals surface area contributed by atoms with Crippen molar-refractivity contribution >= 4 is 51.3 Å². The molecule has 2 nitrogen and oxygen atoms in total. The van der Waals surface area contributed by atoms with E-state index in [0.29, 0.717) is 0 Å². The van der Waals surface area contributed by atoms with Crippen LogP contribution in [-0.4, -0.2) is 8.07 Å².